The molecule has 0 heterocycles. The Labute approximate surface area is 131 Å². The Morgan fingerprint density at radius 3 is 2.62 bits per heavy atom. The highest BCUT2D eigenvalue weighted by Crippen LogP contribution is 2.26. The van der Waals surface area contributed by atoms with Gasteiger partial charge >= 0.3 is 0 Å². The van der Waals surface area contributed by atoms with Crippen molar-refractivity contribution in [3.8, 4) is 5.75 Å². The summed E-state index contributed by atoms with van der Waals surface area (Å²) in [4.78, 5) is 1.32. The predicted octanol–water partition coefficient (Wildman–Crippen LogP) is 4.45. The maximum Gasteiger partial charge on any atom is 0.123 e. The lowest BCUT2D eigenvalue weighted by molar-refractivity contribution is 0.402. The van der Waals surface area contributed by atoms with Crippen molar-refractivity contribution in [3.05, 3.63) is 59.7 Å². The average Bonchev–Trinajstić information content (AvgIpc) is 2.52. The van der Waals surface area contributed by atoms with Crippen molar-refractivity contribution in [2.75, 3.05) is 19.4 Å². The smallest absolute Gasteiger partial charge is 0.123 e. The van der Waals surface area contributed by atoms with Crippen LogP contribution >= 0.6 is 11.8 Å². The minimum atomic E-state index is 0.288. The molecule has 1 unspecified atom stereocenters. The van der Waals surface area contributed by atoms with E-state index in [9.17, 15) is 0 Å². The number of aryl methyl sites for hydroxylation is 1. The second-order valence-electron chi connectivity index (χ2n) is 5.08. The molecule has 3 heteroatoms. The number of nitrogens with one attached hydrogen (secondary N) is 1. The van der Waals surface area contributed by atoms with Crippen molar-refractivity contribution in [3.63, 3.8) is 0 Å². The van der Waals surface area contributed by atoms with E-state index in [0.717, 1.165) is 18.0 Å². The molecule has 0 bridgehead atoms. The Hall–Kier alpha value is -1.45. The number of hydrogen-bond acceptors (Lipinski definition) is 3. The third kappa shape index (κ3) is 4.80. The van der Waals surface area contributed by atoms with Crippen molar-refractivity contribution >= 4 is 11.8 Å². The van der Waals surface area contributed by atoms with Crippen LogP contribution in [0.25, 0.3) is 0 Å². The third-order valence-corrected chi connectivity index (χ3v) is 4.43. The van der Waals surface area contributed by atoms with E-state index >= 15 is 0 Å². The minimum absolute atomic E-state index is 0.288. The molecular formula is C18H23NOS. The first kappa shape index (κ1) is 15.9. The molecule has 0 saturated carbocycles. The van der Waals surface area contributed by atoms with Crippen LogP contribution in [0.5, 0.6) is 5.75 Å². The normalized spacial score (nSPS) is 12.1. The van der Waals surface area contributed by atoms with Gasteiger partial charge < -0.3 is 10.1 Å². The summed E-state index contributed by atoms with van der Waals surface area (Å²) in [5.41, 5.74) is 2.49. The van der Waals surface area contributed by atoms with Crippen LogP contribution in [0.2, 0.25) is 0 Å². The summed E-state index contributed by atoms with van der Waals surface area (Å²) in [5, 5.41) is 3.57. The van der Waals surface area contributed by atoms with Gasteiger partial charge in [0.2, 0.25) is 0 Å². The molecule has 1 atom stereocenters. The Morgan fingerprint density at radius 2 is 1.90 bits per heavy atom. The number of ether oxygens (including phenoxy) is 1. The molecule has 21 heavy (non-hydrogen) atoms. The van der Waals surface area contributed by atoms with Crippen LogP contribution in [0.1, 0.15) is 24.1 Å². The molecule has 2 aromatic rings. The first-order valence-corrected chi connectivity index (χ1v) is 8.25. The van der Waals surface area contributed by atoms with Crippen molar-refractivity contribution in [1.82, 2.24) is 5.32 Å². The zero-order valence-electron chi connectivity index (χ0n) is 12.9. The Bertz CT molecular complexity index is 556. The zero-order valence-corrected chi connectivity index (χ0v) is 13.7. The molecule has 0 aliphatic rings. The minimum Gasteiger partial charge on any atom is -0.496 e. The van der Waals surface area contributed by atoms with Crippen LogP contribution in [0.4, 0.5) is 0 Å². The molecule has 2 nitrogen and oxygen atoms in total. The summed E-state index contributed by atoms with van der Waals surface area (Å²) in [6, 6.07) is 17.1. The van der Waals surface area contributed by atoms with Crippen LogP contribution in [-0.2, 0) is 0 Å². The fraction of sp³-hybridized carbons (Fsp3) is 0.333. The maximum atomic E-state index is 5.45. The van der Waals surface area contributed by atoms with E-state index in [1.54, 1.807) is 7.11 Å². The van der Waals surface area contributed by atoms with Crippen molar-refractivity contribution in [2.24, 2.45) is 0 Å². The number of thioether (sulfide) groups is 1. The van der Waals surface area contributed by atoms with Crippen molar-refractivity contribution < 1.29 is 4.74 Å². The molecule has 2 aromatic carbocycles. The molecule has 0 amide bonds. The summed E-state index contributed by atoms with van der Waals surface area (Å²) < 4.78 is 5.45. The summed E-state index contributed by atoms with van der Waals surface area (Å²) in [6.07, 6.45) is 0. The highest BCUT2D eigenvalue weighted by Gasteiger charge is 2.10. The number of rotatable bonds is 7. The van der Waals surface area contributed by atoms with E-state index in [-0.39, 0.29) is 6.04 Å². The van der Waals surface area contributed by atoms with Gasteiger partial charge in [0.05, 0.1) is 7.11 Å². The monoisotopic (exact) mass is 301 g/mol. The number of methoxy groups -OCH3 is 1. The van der Waals surface area contributed by atoms with Gasteiger partial charge in [-0.2, -0.15) is 0 Å². The van der Waals surface area contributed by atoms with Crippen LogP contribution in [-0.4, -0.2) is 19.4 Å². The predicted molar refractivity (Wildman–Crippen MR) is 91.3 cm³/mol. The van der Waals surface area contributed by atoms with E-state index in [1.165, 1.54) is 16.0 Å². The van der Waals surface area contributed by atoms with Crippen LogP contribution < -0.4 is 10.1 Å². The van der Waals surface area contributed by atoms with E-state index in [4.69, 9.17) is 4.74 Å². The van der Waals surface area contributed by atoms with E-state index in [0.29, 0.717) is 0 Å². The lowest BCUT2D eigenvalue weighted by atomic mass is 10.0. The second kappa shape index (κ2) is 8.11. The van der Waals surface area contributed by atoms with Crippen LogP contribution in [0.3, 0.4) is 0 Å². The Balaban J connectivity index is 1.84. The van der Waals surface area contributed by atoms with Gasteiger partial charge in [-0.05, 0) is 32.0 Å². The fourth-order valence-corrected chi connectivity index (χ4v) is 3.07. The molecule has 112 valence electrons. The lowest BCUT2D eigenvalue weighted by Crippen LogP contribution is -2.21. The van der Waals surface area contributed by atoms with E-state index in [2.05, 4.69) is 55.6 Å². The SMILES string of the molecule is COc1ccc(C)cc1C(C)NCCSc1ccccc1. The second-order valence-corrected chi connectivity index (χ2v) is 6.25. The average molecular weight is 301 g/mol. The Morgan fingerprint density at radius 1 is 1.14 bits per heavy atom. The molecule has 0 saturated heterocycles. The molecule has 0 spiro atoms. The largest absolute Gasteiger partial charge is 0.496 e. The van der Waals surface area contributed by atoms with Crippen molar-refractivity contribution in [2.45, 2.75) is 24.8 Å². The Kier molecular flexibility index (Phi) is 6.15. The maximum absolute atomic E-state index is 5.45. The molecule has 0 aliphatic heterocycles. The fourth-order valence-electron chi connectivity index (χ4n) is 2.26. The lowest BCUT2D eigenvalue weighted by Gasteiger charge is -2.18. The molecule has 1 N–H and O–H groups in total. The molecule has 0 aromatic heterocycles. The standard InChI is InChI=1S/C18H23NOS/c1-14-9-10-18(20-3)17(13-14)15(2)19-11-12-21-16-7-5-4-6-8-16/h4-10,13,15,19H,11-12H2,1-3H3. The van der Waals surface area contributed by atoms with Gasteiger partial charge in [-0.15, -0.1) is 11.8 Å². The van der Waals surface area contributed by atoms with Crippen LogP contribution in [0.15, 0.2) is 53.4 Å². The van der Waals surface area contributed by atoms with Gasteiger partial charge in [0.15, 0.2) is 0 Å². The zero-order chi connectivity index (χ0) is 15.1. The van der Waals surface area contributed by atoms with Gasteiger partial charge in [-0.1, -0.05) is 35.9 Å². The van der Waals surface area contributed by atoms with Crippen molar-refractivity contribution in [1.29, 1.82) is 0 Å². The number of hydrogen-bond donors (Lipinski definition) is 1. The topological polar surface area (TPSA) is 21.3 Å². The summed E-state index contributed by atoms with van der Waals surface area (Å²) >= 11 is 1.88. The van der Waals surface area contributed by atoms with Gasteiger partial charge in [0, 0.05) is 28.8 Å². The molecule has 0 aliphatic carbocycles. The molecule has 0 fully saturated rings. The van der Waals surface area contributed by atoms with Gasteiger partial charge in [-0.25, -0.2) is 0 Å². The quantitative estimate of drug-likeness (QED) is 0.603. The third-order valence-electron chi connectivity index (χ3n) is 3.42. The highest BCUT2D eigenvalue weighted by molar-refractivity contribution is 7.99. The molecule has 0 radical (unpaired) electrons. The summed E-state index contributed by atoms with van der Waals surface area (Å²) in [6.45, 7) is 5.27. The number of benzene rings is 2. The molecule has 2 rings (SSSR count). The summed E-state index contributed by atoms with van der Waals surface area (Å²) in [7, 11) is 1.73. The first-order chi connectivity index (χ1) is 10.2. The summed E-state index contributed by atoms with van der Waals surface area (Å²) in [5.74, 6) is 2.01. The van der Waals surface area contributed by atoms with Gasteiger partial charge in [0.1, 0.15) is 5.75 Å². The first-order valence-electron chi connectivity index (χ1n) is 7.26. The molecular weight excluding hydrogens is 278 g/mol. The van der Waals surface area contributed by atoms with E-state index in [1.807, 2.05) is 23.9 Å². The van der Waals surface area contributed by atoms with Gasteiger partial charge in [0.25, 0.3) is 0 Å². The van der Waals surface area contributed by atoms with Gasteiger partial charge in [-0.3, -0.25) is 0 Å². The van der Waals surface area contributed by atoms with Crippen LogP contribution in [0, 0.1) is 6.92 Å². The highest BCUT2D eigenvalue weighted by atomic mass is 32.2. The van der Waals surface area contributed by atoms with E-state index < -0.39 is 0 Å².